The molecule has 4 nitrogen and oxygen atoms in total. The molecule has 0 fully saturated rings. The van der Waals surface area contributed by atoms with Gasteiger partial charge in [0.1, 0.15) is 5.82 Å². The number of hydrogen-bond acceptors (Lipinski definition) is 5. The lowest BCUT2D eigenvalue weighted by Crippen LogP contribution is -1.96. The number of hydrogen-bond donors (Lipinski definition) is 2. The molecule has 0 aliphatic rings. The monoisotopic (exact) mass is 198 g/mol. The molecule has 0 radical (unpaired) electrons. The summed E-state index contributed by atoms with van der Waals surface area (Å²) in [5.74, 6) is -0.249. The number of anilines is 1. The van der Waals surface area contributed by atoms with Gasteiger partial charge in [0, 0.05) is 6.54 Å². The van der Waals surface area contributed by atoms with Crippen molar-refractivity contribution in [2.75, 3.05) is 5.73 Å². The molecule has 2 rings (SSSR count). The second-order valence-electron chi connectivity index (χ2n) is 2.51. The molecule has 0 bridgehead atoms. The van der Waals surface area contributed by atoms with E-state index < -0.39 is 0 Å². The van der Waals surface area contributed by atoms with Gasteiger partial charge in [-0.1, -0.05) is 0 Å². The molecule has 0 unspecified atom stereocenters. The number of fused-ring (bicyclic) bond motifs is 1. The normalized spacial score (nSPS) is 10.9. The van der Waals surface area contributed by atoms with Crippen LogP contribution in [-0.2, 0) is 6.54 Å². The standard InChI is InChI=1S/C7H7FN4S/c8-6-3(1-9)13-4-2-11-12-7(10)5(4)6/h2H,1,9H2,(H2,10,12). The first kappa shape index (κ1) is 8.33. The molecule has 2 aromatic rings. The summed E-state index contributed by atoms with van der Waals surface area (Å²) in [6.45, 7) is 0.171. The van der Waals surface area contributed by atoms with Gasteiger partial charge in [-0.15, -0.1) is 16.4 Å². The van der Waals surface area contributed by atoms with Crippen molar-refractivity contribution in [3.63, 3.8) is 0 Å². The second kappa shape index (κ2) is 2.90. The third-order valence-corrected chi connectivity index (χ3v) is 2.85. The molecule has 0 atom stereocenters. The molecule has 0 saturated carbocycles. The zero-order chi connectivity index (χ0) is 9.42. The Hall–Kier alpha value is -1.27. The van der Waals surface area contributed by atoms with E-state index in [0.29, 0.717) is 15.0 Å². The fraction of sp³-hybridized carbons (Fsp3) is 0.143. The van der Waals surface area contributed by atoms with Crippen LogP contribution >= 0.6 is 11.3 Å². The van der Waals surface area contributed by atoms with Crippen LogP contribution in [0.4, 0.5) is 10.2 Å². The lowest BCUT2D eigenvalue weighted by molar-refractivity contribution is 0.629. The molecule has 0 aromatic carbocycles. The first-order valence-electron chi connectivity index (χ1n) is 3.62. The summed E-state index contributed by atoms with van der Waals surface area (Å²) >= 11 is 1.26. The van der Waals surface area contributed by atoms with Crippen molar-refractivity contribution >= 4 is 27.2 Å². The van der Waals surface area contributed by atoms with E-state index in [4.69, 9.17) is 11.5 Å². The van der Waals surface area contributed by atoms with Gasteiger partial charge < -0.3 is 11.5 Å². The van der Waals surface area contributed by atoms with Crippen molar-refractivity contribution in [2.45, 2.75) is 6.54 Å². The zero-order valence-electron chi connectivity index (χ0n) is 6.62. The maximum absolute atomic E-state index is 13.5. The second-order valence-corrected chi connectivity index (χ2v) is 3.65. The predicted molar refractivity (Wildman–Crippen MR) is 49.7 cm³/mol. The lowest BCUT2D eigenvalue weighted by Gasteiger charge is -1.92. The molecule has 0 saturated heterocycles. The highest BCUT2D eigenvalue weighted by atomic mass is 32.1. The van der Waals surface area contributed by atoms with Gasteiger partial charge in [-0.25, -0.2) is 4.39 Å². The largest absolute Gasteiger partial charge is 0.382 e. The Bertz CT molecular complexity index is 453. The minimum Gasteiger partial charge on any atom is -0.382 e. The Morgan fingerprint density at radius 3 is 2.92 bits per heavy atom. The van der Waals surface area contributed by atoms with Crippen LogP contribution in [0.1, 0.15) is 4.88 Å². The molecule has 6 heteroatoms. The number of nitrogen functional groups attached to an aromatic ring is 1. The van der Waals surface area contributed by atoms with Gasteiger partial charge in [0.25, 0.3) is 0 Å². The lowest BCUT2D eigenvalue weighted by atomic mass is 10.3. The number of nitrogens with zero attached hydrogens (tertiary/aromatic N) is 2. The predicted octanol–water partition coefficient (Wildman–Crippen LogP) is 0.871. The van der Waals surface area contributed by atoms with E-state index in [2.05, 4.69) is 10.2 Å². The van der Waals surface area contributed by atoms with Gasteiger partial charge in [0.15, 0.2) is 5.82 Å². The van der Waals surface area contributed by atoms with Crippen LogP contribution in [0.2, 0.25) is 0 Å². The quantitative estimate of drug-likeness (QED) is 0.712. The van der Waals surface area contributed by atoms with Crippen LogP contribution in [-0.4, -0.2) is 10.2 Å². The minimum atomic E-state index is -0.366. The fourth-order valence-electron chi connectivity index (χ4n) is 1.13. The molecule has 0 aliphatic heterocycles. The maximum atomic E-state index is 13.5. The third kappa shape index (κ3) is 1.14. The van der Waals surface area contributed by atoms with Crippen LogP contribution in [0.3, 0.4) is 0 Å². The van der Waals surface area contributed by atoms with Gasteiger partial charge in [0.05, 0.1) is 21.2 Å². The van der Waals surface area contributed by atoms with Gasteiger partial charge in [-0.3, -0.25) is 0 Å². The Labute approximate surface area is 77.4 Å². The molecule has 2 aromatic heterocycles. The highest BCUT2D eigenvalue weighted by molar-refractivity contribution is 7.19. The fourth-order valence-corrected chi connectivity index (χ4v) is 2.07. The van der Waals surface area contributed by atoms with Gasteiger partial charge >= 0.3 is 0 Å². The minimum absolute atomic E-state index is 0.117. The van der Waals surface area contributed by atoms with Crippen molar-refractivity contribution in [3.05, 3.63) is 16.9 Å². The van der Waals surface area contributed by atoms with E-state index in [-0.39, 0.29) is 18.2 Å². The third-order valence-electron chi connectivity index (χ3n) is 1.73. The Morgan fingerprint density at radius 1 is 1.54 bits per heavy atom. The summed E-state index contributed by atoms with van der Waals surface area (Å²) in [5.41, 5.74) is 10.8. The summed E-state index contributed by atoms with van der Waals surface area (Å²) < 4.78 is 14.2. The SMILES string of the molecule is NCc1sc2cnnc(N)c2c1F. The molecular weight excluding hydrogens is 191 g/mol. The average Bonchev–Trinajstić information content (AvgIpc) is 2.44. The van der Waals surface area contributed by atoms with E-state index >= 15 is 0 Å². The summed E-state index contributed by atoms with van der Waals surface area (Å²) in [6, 6.07) is 0. The van der Waals surface area contributed by atoms with Gasteiger partial charge in [-0.05, 0) is 0 Å². The van der Waals surface area contributed by atoms with Gasteiger partial charge in [-0.2, -0.15) is 5.10 Å². The van der Waals surface area contributed by atoms with Crippen molar-refractivity contribution in [1.29, 1.82) is 0 Å². The zero-order valence-corrected chi connectivity index (χ0v) is 7.44. The number of nitrogens with two attached hydrogens (primary N) is 2. The first-order valence-corrected chi connectivity index (χ1v) is 4.43. The number of rotatable bonds is 1. The van der Waals surface area contributed by atoms with Crippen LogP contribution < -0.4 is 11.5 Å². The van der Waals surface area contributed by atoms with Crippen LogP contribution in [0.25, 0.3) is 10.1 Å². The number of aromatic nitrogens is 2. The van der Waals surface area contributed by atoms with Crippen molar-refractivity contribution < 1.29 is 4.39 Å². The molecule has 2 heterocycles. The Kier molecular flexibility index (Phi) is 1.86. The van der Waals surface area contributed by atoms with Crippen molar-refractivity contribution in [2.24, 2.45) is 5.73 Å². The molecule has 68 valence electrons. The summed E-state index contributed by atoms with van der Waals surface area (Å²) in [6.07, 6.45) is 1.48. The average molecular weight is 198 g/mol. The molecule has 0 amide bonds. The Morgan fingerprint density at radius 2 is 2.31 bits per heavy atom. The van der Waals surface area contributed by atoms with E-state index in [1.165, 1.54) is 17.5 Å². The van der Waals surface area contributed by atoms with Crippen LogP contribution in [0.15, 0.2) is 6.20 Å². The molecular formula is C7H7FN4S. The van der Waals surface area contributed by atoms with E-state index in [1.54, 1.807) is 0 Å². The summed E-state index contributed by atoms with van der Waals surface area (Å²) in [5, 5.41) is 7.53. The highest BCUT2D eigenvalue weighted by Gasteiger charge is 2.13. The maximum Gasteiger partial charge on any atom is 0.157 e. The van der Waals surface area contributed by atoms with E-state index in [1.807, 2.05) is 0 Å². The van der Waals surface area contributed by atoms with E-state index in [9.17, 15) is 4.39 Å². The van der Waals surface area contributed by atoms with E-state index in [0.717, 1.165) is 0 Å². The van der Waals surface area contributed by atoms with Crippen LogP contribution in [0.5, 0.6) is 0 Å². The Balaban J connectivity index is 2.85. The van der Waals surface area contributed by atoms with Crippen LogP contribution in [0, 0.1) is 5.82 Å². The van der Waals surface area contributed by atoms with Crippen molar-refractivity contribution in [3.8, 4) is 0 Å². The smallest absolute Gasteiger partial charge is 0.157 e. The number of halogens is 1. The molecule has 0 spiro atoms. The van der Waals surface area contributed by atoms with Crippen molar-refractivity contribution in [1.82, 2.24) is 10.2 Å². The highest BCUT2D eigenvalue weighted by Crippen LogP contribution is 2.31. The molecule has 0 aliphatic carbocycles. The number of thiophene rings is 1. The summed E-state index contributed by atoms with van der Waals surface area (Å²) in [7, 11) is 0. The molecule has 4 N–H and O–H groups in total. The topological polar surface area (TPSA) is 77.8 Å². The first-order chi connectivity index (χ1) is 6.24. The molecule has 13 heavy (non-hydrogen) atoms. The summed E-state index contributed by atoms with van der Waals surface area (Å²) in [4.78, 5) is 0.483. The van der Waals surface area contributed by atoms with Gasteiger partial charge in [0.2, 0.25) is 0 Å².